The van der Waals surface area contributed by atoms with Gasteiger partial charge in [-0.05, 0) is 38.1 Å². The minimum absolute atomic E-state index is 0.329. The highest BCUT2D eigenvalue weighted by atomic mass is 32.2. The largest absolute Gasteiger partial charge is 0.383 e. The van der Waals surface area contributed by atoms with E-state index in [-0.39, 0.29) is 0 Å². The molecule has 6 heteroatoms. The Labute approximate surface area is 115 Å². The molecule has 0 spiro atoms. The van der Waals surface area contributed by atoms with E-state index >= 15 is 0 Å². The van der Waals surface area contributed by atoms with Gasteiger partial charge in [0.25, 0.3) is 0 Å². The summed E-state index contributed by atoms with van der Waals surface area (Å²) in [4.78, 5) is 0.365. The van der Waals surface area contributed by atoms with Gasteiger partial charge in [-0.2, -0.15) is 4.31 Å². The zero-order valence-corrected chi connectivity index (χ0v) is 12.2. The summed E-state index contributed by atoms with van der Waals surface area (Å²) in [5.74, 6) is 0. The van der Waals surface area contributed by atoms with Crippen molar-refractivity contribution in [1.82, 2.24) is 9.62 Å². The first-order valence-corrected chi connectivity index (χ1v) is 8.01. The van der Waals surface area contributed by atoms with E-state index in [0.717, 1.165) is 5.69 Å². The van der Waals surface area contributed by atoms with Crippen molar-refractivity contribution >= 4 is 15.7 Å². The number of nitrogens with zero attached hydrogens (tertiary/aromatic N) is 1. The van der Waals surface area contributed by atoms with Crippen LogP contribution in [0.1, 0.15) is 13.8 Å². The smallest absolute Gasteiger partial charge is 0.243 e. The van der Waals surface area contributed by atoms with E-state index in [2.05, 4.69) is 10.6 Å². The number of nitrogens with one attached hydrogen (secondary N) is 2. The zero-order valence-electron chi connectivity index (χ0n) is 11.4. The third kappa shape index (κ3) is 3.46. The quantitative estimate of drug-likeness (QED) is 0.869. The summed E-state index contributed by atoms with van der Waals surface area (Å²) in [6.45, 7) is 6.60. The van der Waals surface area contributed by atoms with E-state index in [1.807, 2.05) is 26.0 Å². The number of piperazine rings is 1. The van der Waals surface area contributed by atoms with Crippen LogP contribution in [0, 0.1) is 0 Å². The average molecular weight is 283 g/mol. The minimum atomic E-state index is -3.34. The second-order valence-corrected chi connectivity index (χ2v) is 6.92. The molecule has 0 unspecified atom stereocenters. The maximum atomic E-state index is 12.4. The molecular formula is C13H21N3O2S. The molecule has 1 aromatic rings. The lowest BCUT2D eigenvalue weighted by molar-refractivity contribution is 0.360. The van der Waals surface area contributed by atoms with Gasteiger partial charge in [-0.25, -0.2) is 8.42 Å². The van der Waals surface area contributed by atoms with Crippen molar-refractivity contribution in [2.24, 2.45) is 0 Å². The second-order valence-electron chi connectivity index (χ2n) is 4.98. The predicted molar refractivity (Wildman–Crippen MR) is 76.8 cm³/mol. The van der Waals surface area contributed by atoms with E-state index in [1.165, 1.54) is 4.31 Å². The van der Waals surface area contributed by atoms with Gasteiger partial charge in [0, 0.05) is 37.9 Å². The van der Waals surface area contributed by atoms with E-state index in [0.29, 0.717) is 37.1 Å². The number of hydrogen-bond donors (Lipinski definition) is 2. The topological polar surface area (TPSA) is 61.4 Å². The molecule has 0 bridgehead atoms. The Morgan fingerprint density at radius 3 is 2.26 bits per heavy atom. The minimum Gasteiger partial charge on any atom is -0.383 e. The van der Waals surface area contributed by atoms with Gasteiger partial charge in [0.1, 0.15) is 0 Å². The maximum Gasteiger partial charge on any atom is 0.243 e. The monoisotopic (exact) mass is 283 g/mol. The third-order valence-corrected chi connectivity index (χ3v) is 4.94. The predicted octanol–water partition coefficient (Wildman–Crippen LogP) is 1.10. The molecular weight excluding hydrogens is 262 g/mol. The van der Waals surface area contributed by atoms with Gasteiger partial charge < -0.3 is 10.6 Å². The first-order chi connectivity index (χ1) is 9.00. The Kier molecular flexibility index (Phi) is 4.44. The van der Waals surface area contributed by atoms with Gasteiger partial charge in [0.05, 0.1) is 4.90 Å². The van der Waals surface area contributed by atoms with Crippen molar-refractivity contribution in [3.05, 3.63) is 24.3 Å². The standard InChI is InChI=1S/C13H21N3O2S/c1-11(2)15-12-3-5-13(6-4-12)19(17,18)16-9-7-14-8-10-16/h3-6,11,14-15H,7-10H2,1-2H3. The summed E-state index contributed by atoms with van der Waals surface area (Å²) in [7, 11) is -3.34. The molecule has 5 nitrogen and oxygen atoms in total. The maximum absolute atomic E-state index is 12.4. The number of anilines is 1. The molecule has 1 saturated heterocycles. The van der Waals surface area contributed by atoms with E-state index < -0.39 is 10.0 Å². The SMILES string of the molecule is CC(C)Nc1ccc(S(=O)(=O)N2CCNCC2)cc1. The van der Waals surface area contributed by atoms with E-state index in [9.17, 15) is 8.42 Å². The molecule has 106 valence electrons. The highest BCUT2D eigenvalue weighted by molar-refractivity contribution is 7.89. The molecule has 2 N–H and O–H groups in total. The summed E-state index contributed by atoms with van der Waals surface area (Å²) >= 11 is 0. The first-order valence-electron chi connectivity index (χ1n) is 6.57. The van der Waals surface area contributed by atoms with Crippen molar-refractivity contribution in [2.75, 3.05) is 31.5 Å². The Bertz CT molecular complexity index is 505. The van der Waals surface area contributed by atoms with Crippen LogP contribution < -0.4 is 10.6 Å². The fourth-order valence-electron chi connectivity index (χ4n) is 2.09. The molecule has 0 aliphatic carbocycles. The van der Waals surface area contributed by atoms with Gasteiger partial charge >= 0.3 is 0 Å². The fourth-order valence-corrected chi connectivity index (χ4v) is 3.53. The molecule has 1 aromatic carbocycles. The molecule has 0 saturated carbocycles. The van der Waals surface area contributed by atoms with Gasteiger partial charge in [-0.1, -0.05) is 0 Å². The Morgan fingerprint density at radius 2 is 1.74 bits per heavy atom. The van der Waals surface area contributed by atoms with Crippen molar-refractivity contribution in [3.63, 3.8) is 0 Å². The molecule has 0 amide bonds. The average Bonchev–Trinajstić information content (AvgIpc) is 2.40. The lowest BCUT2D eigenvalue weighted by atomic mass is 10.3. The van der Waals surface area contributed by atoms with Crippen LogP contribution in [-0.2, 0) is 10.0 Å². The molecule has 1 aliphatic heterocycles. The number of hydrogen-bond acceptors (Lipinski definition) is 4. The molecule has 2 rings (SSSR count). The summed E-state index contributed by atoms with van der Waals surface area (Å²) in [5.41, 5.74) is 0.939. The molecule has 1 fully saturated rings. The summed E-state index contributed by atoms with van der Waals surface area (Å²) in [6.07, 6.45) is 0. The van der Waals surface area contributed by atoms with Crippen LogP contribution in [0.2, 0.25) is 0 Å². The van der Waals surface area contributed by atoms with Crippen molar-refractivity contribution in [2.45, 2.75) is 24.8 Å². The normalized spacial score (nSPS) is 17.6. The Morgan fingerprint density at radius 1 is 1.16 bits per heavy atom. The van der Waals surface area contributed by atoms with Crippen LogP contribution >= 0.6 is 0 Å². The van der Waals surface area contributed by atoms with Crippen LogP contribution in [0.3, 0.4) is 0 Å². The summed E-state index contributed by atoms with van der Waals surface area (Å²) in [6, 6.07) is 7.30. The molecule has 0 radical (unpaired) electrons. The van der Waals surface area contributed by atoms with Crippen LogP contribution in [0.5, 0.6) is 0 Å². The molecule has 1 aliphatic rings. The Balaban J connectivity index is 2.16. The van der Waals surface area contributed by atoms with Crippen molar-refractivity contribution < 1.29 is 8.42 Å². The molecule has 0 atom stereocenters. The zero-order chi connectivity index (χ0) is 13.9. The highest BCUT2D eigenvalue weighted by Crippen LogP contribution is 2.19. The molecule has 0 aromatic heterocycles. The van der Waals surface area contributed by atoms with Crippen LogP contribution in [0.15, 0.2) is 29.2 Å². The summed E-state index contributed by atoms with van der Waals surface area (Å²) < 4.78 is 26.3. The van der Waals surface area contributed by atoms with Crippen molar-refractivity contribution in [3.8, 4) is 0 Å². The number of sulfonamides is 1. The van der Waals surface area contributed by atoms with Crippen LogP contribution in [-0.4, -0.2) is 44.9 Å². The fraction of sp³-hybridized carbons (Fsp3) is 0.538. The van der Waals surface area contributed by atoms with E-state index in [4.69, 9.17) is 0 Å². The number of rotatable bonds is 4. The lowest BCUT2D eigenvalue weighted by Gasteiger charge is -2.26. The lowest BCUT2D eigenvalue weighted by Crippen LogP contribution is -2.46. The third-order valence-electron chi connectivity index (χ3n) is 3.02. The molecule has 1 heterocycles. The van der Waals surface area contributed by atoms with E-state index in [1.54, 1.807) is 12.1 Å². The van der Waals surface area contributed by atoms with Gasteiger partial charge in [-0.3, -0.25) is 0 Å². The highest BCUT2D eigenvalue weighted by Gasteiger charge is 2.25. The first kappa shape index (κ1) is 14.3. The Hall–Kier alpha value is -1.11. The van der Waals surface area contributed by atoms with Crippen molar-refractivity contribution in [1.29, 1.82) is 0 Å². The molecule has 19 heavy (non-hydrogen) atoms. The summed E-state index contributed by atoms with van der Waals surface area (Å²) in [5, 5.41) is 6.40. The van der Waals surface area contributed by atoms with Gasteiger partial charge in [0.15, 0.2) is 0 Å². The van der Waals surface area contributed by atoms with Gasteiger partial charge in [-0.15, -0.1) is 0 Å². The van der Waals surface area contributed by atoms with Gasteiger partial charge in [0.2, 0.25) is 10.0 Å². The van der Waals surface area contributed by atoms with Crippen LogP contribution in [0.25, 0.3) is 0 Å². The second kappa shape index (κ2) is 5.90. The number of benzene rings is 1. The van der Waals surface area contributed by atoms with Crippen LogP contribution in [0.4, 0.5) is 5.69 Å².